The highest BCUT2D eigenvalue weighted by molar-refractivity contribution is 5.66. The Bertz CT molecular complexity index is 783. The predicted octanol–water partition coefficient (Wildman–Crippen LogP) is 6.23. The summed E-state index contributed by atoms with van der Waals surface area (Å²) in [6.07, 6.45) is 3.88. The molecule has 146 valence electrons. The van der Waals surface area contributed by atoms with E-state index in [1.54, 1.807) is 13.0 Å². The summed E-state index contributed by atoms with van der Waals surface area (Å²) in [5.41, 5.74) is 0.651. The van der Waals surface area contributed by atoms with Crippen molar-refractivity contribution in [3.05, 3.63) is 53.3 Å². The number of benzene rings is 2. The minimum absolute atomic E-state index is 0.0405. The van der Waals surface area contributed by atoms with Crippen molar-refractivity contribution < 1.29 is 22.6 Å². The molecular formula is C22H25F3O2. The van der Waals surface area contributed by atoms with Crippen molar-refractivity contribution in [1.82, 2.24) is 0 Å². The van der Waals surface area contributed by atoms with Crippen LogP contribution in [0.3, 0.4) is 0 Å². The lowest BCUT2D eigenvalue weighted by Gasteiger charge is -2.29. The Morgan fingerprint density at radius 1 is 1.04 bits per heavy atom. The molecule has 1 heterocycles. The molecule has 0 N–H and O–H groups in total. The summed E-state index contributed by atoms with van der Waals surface area (Å²) in [5, 5.41) is 0. The zero-order chi connectivity index (χ0) is 19.4. The van der Waals surface area contributed by atoms with Gasteiger partial charge in [0.1, 0.15) is 0 Å². The highest BCUT2D eigenvalue weighted by Gasteiger charge is 2.27. The fourth-order valence-corrected chi connectivity index (χ4v) is 3.64. The van der Waals surface area contributed by atoms with E-state index in [-0.39, 0.29) is 28.9 Å². The molecule has 2 atom stereocenters. The Morgan fingerprint density at radius 3 is 2.48 bits per heavy atom. The molecule has 0 aromatic heterocycles. The molecule has 2 nitrogen and oxygen atoms in total. The third-order valence-electron chi connectivity index (χ3n) is 5.08. The van der Waals surface area contributed by atoms with Crippen LogP contribution >= 0.6 is 0 Å². The minimum Gasteiger partial charge on any atom is -0.491 e. The second-order valence-corrected chi connectivity index (χ2v) is 6.93. The average Bonchev–Trinajstić information content (AvgIpc) is 2.67. The largest absolute Gasteiger partial charge is 0.491 e. The smallest absolute Gasteiger partial charge is 0.166 e. The summed E-state index contributed by atoms with van der Waals surface area (Å²) in [7, 11) is 0. The summed E-state index contributed by atoms with van der Waals surface area (Å²) in [5.74, 6) is -2.48. The summed E-state index contributed by atoms with van der Waals surface area (Å²) >= 11 is 0. The van der Waals surface area contributed by atoms with E-state index in [1.807, 2.05) is 0 Å². The molecule has 0 amide bonds. The fourth-order valence-electron chi connectivity index (χ4n) is 3.64. The minimum atomic E-state index is -0.952. The lowest BCUT2D eigenvalue weighted by molar-refractivity contribution is -0.00181. The van der Waals surface area contributed by atoms with Gasteiger partial charge in [0.2, 0.25) is 0 Å². The van der Waals surface area contributed by atoms with Gasteiger partial charge >= 0.3 is 0 Å². The van der Waals surface area contributed by atoms with Crippen molar-refractivity contribution in [2.75, 3.05) is 13.2 Å². The molecule has 1 aliphatic heterocycles. The van der Waals surface area contributed by atoms with Crippen molar-refractivity contribution in [3.63, 3.8) is 0 Å². The summed E-state index contributed by atoms with van der Waals surface area (Å²) in [6.45, 7) is 4.59. The topological polar surface area (TPSA) is 18.5 Å². The van der Waals surface area contributed by atoms with Crippen LogP contribution in [0.15, 0.2) is 30.3 Å². The number of halogens is 3. The van der Waals surface area contributed by atoms with Crippen LogP contribution in [0.25, 0.3) is 11.1 Å². The van der Waals surface area contributed by atoms with Crippen molar-refractivity contribution in [2.24, 2.45) is 0 Å². The lowest BCUT2D eigenvalue weighted by Crippen LogP contribution is -2.25. The second kappa shape index (κ2) is 8.79. The van der Waals surface area contributed by atoms with Gasteiger partial charge in [-0.3, -0.25) is 0 Å². The van der Waals surface area contributed by atoms with Crippen LogP contribution in [-0.4, -0.2) is 19.3 Å². The Labute approximate surface area is 158 Å². The Balaban J connectivity index is 1.82. The zero-order valence-electron chi connectivity index (χ0n) is 15.7. The molecule has 2 aromatic carbocycles. The molecule has 2 aromatic rings. The van der Waals surface area contributed by atoms with E-state index >= 15 is 0 Å². The number of hydrogen-bond donors (Lipinski definition) is 0. The van der Waals surface area contributed by atoms with Gasteiger partial charge < -0.3 is 9.47 Å². The molecule has 2 unspecified atom stereocenters. The highest BCUT2D eigenvalue weighted by atomic mass is 19.2. The van der Waals surface area contributed by atoms with Crippen LogP contribution in [0.2, 0.25) is 0 Å². The number of hydrogen-bond acceptors (Lipinski definition) is 2. The molecule has 27 heavy (non-hydrogen) atoms. The normalized spacial score (nSPS) is 19.9. The first kappa shape index (κ1) is 19.7. The summed E-state index contributed by atoms with van der Waals surface area (Å²) < 4.78 is 54.5. The SMILES string of the molecule is CCCC1CCC(c2ccc(-c3ccc(OCC)c(F)c3)c(F)c2F)CO1. The van der Waals surface area contributed by atoms with Gasteiger partial charge in [-0.25, -0.2) is 13.2 Å². The molecule has 0 aliphatic carbocycles. The number of rotatable bonds is 6. The summed E-state index contributed by atoms with van der Waals surface area (Å²) in [6, 6.07) is 7.24. The van der Waals surface area contributed by atoms with Crippen LogP contribution in [0.5, 0.6) is 5.75 Å². The maximum absolute atomic E-state index is 14.7. The third kappa shape index (κ3) is 4.29. The van der Waals surface area contributed by atoms with E-state index in [0.717, 1.165) is 25.7 Å². The standard InChI is InChI=1S/C22H25F3O2/c1-3-5-16-8-6-15(13-27-16)18-10-9-17(21(24)22(18)25)14-7-11-20(26-4-2)19(23)12-14/h7,9-12,15-16H,3-6,8,13H2,1-2H3. The average molecular weight is 378 g/mol. The van der Waals surface area contributed by atoms with E-state index < -0.39 is 17.5 Å². The Morgan fingerprint density at radius 2 is 1.85 bits per heavy atom. The van der Waals surface area contributed by atoms with Crippen molar-refractivity contribution in [3.8, 4) is 16.9 Å². The molecular weight excluding hydrogens is 353 g/mol. The molecule has 1 aliphatic rings. The van der Waals surface area contributed by atoms with Gasteiger partial charge in [0.15, 0.2) is 23.2 Å². The molecule has 0 bridgehead atoms. The van der Waals surface area contributed by atoms with Crippen molar-refractivity contribution in [1.29, 1.82) is 0 Å². The maximum atomic E-state index is 14.7. The van der Waals surface area contributed by atoms with Gasteiger partial charge in [-0.05, 0) is 49.4 Å². The van der Waals surface area contributed by atoms with E-state index in [9.17, 15) is 13.2 Å². The van der Waals surface area contributed by atoms with E-state index in [0.29, 0.717) is 18.8 Å². The second-order valence-electron chi connectivity index (χ2n) is 6.93. The van der Waals surface area contributed by atoms with Gasteiger partial charge in [-0.2, -0.15) is 0 Å². The fraction of sp³-hybridized carbons (Fsp3) is 0.455. The van der Waals surface area contributed by atoms with E-state index in [1.165, 1.54) is 24.3 Å². The van der Waals surface area contributed by atoms with Gasteiger partial charge in [0, 0.05) is 11.5 Å². The molecule has 1 saturated heterocycles. The van der Waals surface area contributed by atoms with Crippen molar-refractivity contribution in [2.45, 2.75) is 51.6 Å². The monoisotopic (exact) mass is 378 g/mol. The van der Waals surface area contributed by atoms with Gasteiger partial charge in [-0.1, -0.05) is 31.5 Å². The van der Waals surface area contributed by atoms with Gasteiger partial charge in [0.05, 0.1) is 19.3 Å². The first-order valence-electron chi connectivity index (χ1n) is 9.57. The molecule has 5 heteroatoms. The van der Waals surface area contributed by atoms with Crippen molar-refractivity contribution >= 4 is 0 Å². The van der Waals surface area contributed by atoms with Gasteiger partial charge in [0.25, 0.3) is 0 Å². The molecule has 0 saturated carbocycles. The Hall–Kier alpha value is -2.01. The number of ether oxygens (including phenoxy) is 2. The molecule has 3 rings (SSSR count). The van der Waals surface area contributed by atoms with Gasteiger partial charge in [-0.15, -0.1) is 0 Å². The Kier molecular flexibility index (Phi) is 6.42. The van der Waals surface area contributed by atoms with Crippen LogP contribution in [-0.2, 0) is 4.74 Å². The maximum Gasteiger partial charge on any atom is 0.166 e. The van der Waals surface area contributed by atoms with Crippen LogP contribution in [0.4, 0.5) is 13.2 Å². The lowest BCUT2D eigenvalue weighted by atomic mass is 9.88. The molecule has 0 spiro atoms. The van der Waals surface area contributed by atoms with Crippen LogP contribution < -0.4 is 4.74 Å². The van der Waals surface area contributed by atoms with E-state index in [4.69, 9.17) is 9.47 Å². The highest BCUT2D eigenvalue weighted by Crippen LogP contribution is 2.35. The predicted molar refractivity (Wildman–Crippen MR) is 99.5 cm³/mol. The van der Waals surface area contributed by atoms with Crippen LogP contribution in [0, 0.1) is 17.5 Å². The zero-order valence-corrected chi connectivity index (χ0v) is 15.7. The quantitative estimate of drug-likeness (QED) is 0.593. The summed E-state index contributed by atoms with van der Waals surface area (Å²) in [4.78, 5) is 0. The first-order chi connectivity index (χ1) is 13.0. The van der Waals surface area contributed by atoms with Crippen LogP contribution in [0.1, 0.15) is 51.0 Å². The molecule has 1 fully saturated rings. The first-order valence-corrected chi connectivity index (χ1v) is 9.57. The van der Waals surface area contributed by atoms with E-state index in [2.05, 4.69) is 6.92 Å². The molecule has 0 radical (unpaired) electrons. The third-order valence-corrected chi connectivity index (χ3v) is 5.08.